The summed E-state index contributed by atoms with van der Waals surface area (Å²) >= 11 is 0. The summed E-state index contributed by atoms with van der Waals surface area (Å²) in [7, 11) is 3.51. The molecule has 0 aliphatic rings. The Hall–Kier alpha value is -2.13. The van der Waals surface area contributed by atoms with E-state index < -0.39 is 6.10 Å². The van der Waals surface area contributed by atoms with Gasteiger partial charge in [0.1, 0.15) is 11.0 Å². The normalized spacial score (nSPS) is 11.5. The number of nitrogens with zero attached hydrogens (tertiary/aromatic N) is 4. The summed E-state index contributed by atoms with van der Waals surface area (Å²) in [4.78, 5) is 17.8. The van der Waals surface area contributed by atoms with Crippen LogP contribution in [-0.4, -0.2) is 58.3 Å². The van der Waals surface area contributed by atoms with Gasteiger partial charge < -0.3 is 26.4 Å². The predicted octanol–water partition coefficient (Wildman–Crippen LogP) is 1.54. The van der Waals surface area contributed by atoms with Crippen molar-refractivity contribution in [2.45, 2.75) is 26.4 Å². The maximum Gasteiger partial charge on any atom is 0.225 e. The average Bonchev–Trinajstić information content (AvgIpc) is 2.56. The van der Waals surface area contributed by atoms with Crippen LogP contribution in [-0.2, 0) is 0 Å². The lowest BCUT2D eigenvalue weighted by atomic mass is 10.3. The zero-order valence-electron chi connectivity index (χ0n) is 14.3. The Morgan fingerprint density at radius 1 is 0.917 bits per heavy atom. The molecular formula is C14H25ClN8O. The molecule has 10 heteroatoms. The first-order valence-electron chi connectivity index (χ1n) is 7.70. The number of aromatic nitrogens is 4. The van der Waals surface area contributed by atoms with Gasteiger partial charge in [-0.1, -0.05) is 6.92 Å². The maximum absolute atomic E-state index is 9.50. The highest BCUT2D eigenvalue weighted by molar-refractivity contribution is 5.94. The zero-order valence-corrected chi connectivity index (χ0v) is 15.2. The Morgan fingerprint density at radius 2 is 1.42 bits per heavy atom. The number of aliphatic hydroxyl groups is 1. The lowest BCUT2D eigenvalue weighted by Gasteiger charge is -2.14. The molecule has 9 nitrogen and oxygen atoms in total. The summed E-state index contributed by atoms with van der Waals surface area (Å²) in [6.45, 7) is 4.94. The van der Waals surface area contributed by atoms with E-state index in [2.05, 4.69) is 48.1 Å². The second-order valence-corrected chi connectivity index (χ2v) is 5.15. The Morgan fingerprint density at radius 3 is 1.83 bits per heavy atom. The van der Waals surface area contributed by atoms with Gasteiger partial charge in [0, 0.05) is 27.2 Å². The molecule has 0 unspecified atom stereocenters. The maximum atomic E-state index is 9.50. The monoisotopic (exact) mass is 356 g/mol. The van der Waals surface area contributed by atoms with Crippen LogP contribution in [0.3, 0.4) is 0 Å². The lowest BCUT2D eigenvalue weighted by molar-refractivity contribution is 0.208. The number of halogens is 1. The lowest BCUT2D eigenvalue weighted by Crippen LogP contribution is -2.18. The third-order valence-corrected chi connectivity index (χ3v) is 3.10. The molecule has 0 aromatic carbocycles. The Kier molecular flexibility index (Phi) is 7.66. The zero-order chi connectivity index (χ0) is 16.8. The van der Waals surface area contributed by atoms with E-state index in [1.807, 2.05) is 0 Å². The van der Waals surface area contributed by atoms with Gasteiger partial charge in [0.15, 0.2) is 11.6 Å². The first kappa shape index (κ1) is 19.9. The van der Waals surface area contributed by atoms with E-state index in [-0.39, 0.29) is 12.4 Å². The van der Waals surface area contributed by atoms with Gasteiger partial charge in [0.25, 0.3) is 0 Å². The standard InChI is InChI=1S/C14H24N8O.ClH/c1-5-6-17-11-9-10(20-13(15-3)21-11)12(18-7-8(2)23)22-14(16-4)19-9;/h8,23H,5-7H2,1-4H3,(H2,15,17,20,21)(H2,16,18,19,22);1H/t8-;/m1./s1. The fourth-order valence-electron chi connectivity index (χ4n) is 1.97. The van der Waals surface area contributed by atoms with Crippen LogP contribution < -0.4 is 21.3 Å². The van der Waals surface area contributed by atoms with E-state index in [0.717, 1.165) is 13.0 Å². The first-order valence-corrected chi connectivity index (χ1v) is 7.70. The summed E-state index contributed by atoms with van der Waals surface area (Å²) in [5.41, 5.74) is 1.23. The van der Waals surface area contributed by atoms with Crippen LogP contribution >= 0.6 is 12.4 Å². The van der Waals surface area contributed by atoms with Gasteiger partial charge in [-0.15, -0.1) is 12.4 Å². The van der Waals surface area contributed by atoms with E-state index in [0.29, 0.717) is 41.1 Å². The van der Waals surface area contributed by atoms with Crippen LogP contribution in [0.25, 0.3) is 11.0 Å². The first-order chi connectivity index (χ1) is 11.1. The number of hydrogen-bond donors (Lipinski definition) is 5. The van der Waals surface area contributed by atoms with Crippen LogP contribution in [0, 0.1) is 0 Å². The molecule has 0 spiro atoms. The van der Waals surface area contributed by atoms with Gasteiger partial charge in [0.05, 0.1) is 6.10 Å². The summed E-state index contributed by atoms with van der Waals surface area (Å²) in [6.07, 6.45) is 0.471. The minimum atomic E-state index is -0.499. The SMILES string of the molecule is CCCNc1nc(NC)nc2c(NC[C@@H](C)O)nc(NC)nc12.Cl. The molecule has 0 aliphatic carbocycles. The quantitative estimate of drug-likeness (QED) is 0.479. The molecule has 0 saturated heterocycles. The average molecular weight is 357 g/mol. The van der Waals surface area contributed by atoms with E-state index in [1.54, 1.807) is 21.0 Å². The largest absolute Gasteiger partial charge is 0.392 e. The molecule has 0 fully saturated rings. The molecule has 2 aromatic rings. The molecule has 0 amide bonds. The van der Waals surface area contributed by atoms with Gasteiger partial charge in [-0.2, -0.15) is 9.97 Å². The van der Waals surface area contributed by atoms with E-state index in [9.17, 15) is 5.11 Å². The van der Waals surface area contributed by atoms with Crippen molar-refractivity contribution in [2.24, 2.45) is 0 Å². The second-order valence-electron chi connectivity index (χ2n) is 5.15. The molecule has 2 heterocycles. The number of anilines is 4. The third kappa shape index (κ3) is 4.68. The number of aliphatic hydroxyl groups excluding tert-OH is 1. The van der Waals surface area contributed by atoms with Gasteiger partial charge in [-0.05, 0) is 13.3 Å². The highest BCUT2D eigenvalue weighted by Crippen LogP contribution is 2.26. The number of nitrogens with one attached hydrogen (secondary N) is 4. The molecular weight excluding hydrogens is 332 g/mol. The van der Waals surface area contributed by atoms with Crippen LogP contribution in [0.4, 0.5) is 23.5 Å². The summed E-state index contributed by atoms with van der Waals surface area (Å²) in [6, 6.07) is 0. The topological polar surface area (TPSA) is 120 Å². The van der Waals surface area contributed by atoms with E-state index in [1.165, 1.54) is 0 Å². The van der Waals surface area contributed by atoms with Crippen molar-refractivity contribution in [1.29, 1.82) is 0 Å². The van der Waals surface area contributed by atoms with Crippen LogP contribution in [0.15, 0.2) is 0 Å². The Labute approximate surface area is 147 Å². The fraction of sp³-hybridized carbons (Fsp3) is 0.571. The van der Waals surface area contributed by atoms with Crippen molar-refractivity contribution in [3.63, 3.8) is 0 Å². The van der Waals surface area contributed by atoms with Gasteiger partial charge in [0.2, 0.25) is 11.9 Å². The molecule has 24 heavy (non-hydrogen) atoms. The minimum Gasteiger partial charge on any atom is -0.392 e. The smallest absolute Gasteiger partial charge is 0.225 e. The fourth-order valence-corrected chi connectivity index (χ4v) is 1.97. The molecule has 1 atom stereocenters. The molecule has 0 radical (unpaired) electrons. The molecule has 0 bridgehead atoms. The Bertz CT molecular complexity index is 667. The molecule has 0 aliphatic heterocycles. The van der Waals surface area contributed by atoms with Crippen molar-refractivity contribution in [2.75, 3.05) is 48.5 Å². The van der Waals surface area contributed by atoms with Crippen molar-refractivity contribution < 1.29 is 5.11 Å². The summed E-state index contributed by atoms with van der Waals surface area (Å²) < 4.78 is 0. The van der Waals surface area contributed by atoms with Gasteiger partial charge in [-0.25, -0.2) is 9.97 Å². The Balaban J connectivity index is 0.00000288. The molecule has 5 N–H and O–H groups in total. The molecule has 2 aromatic heterocycles. The highest BCUT2D eigenvalue weighted by Gasteiger charge is 2.15. The van der Waals surface area contributed by atoms with Crippen molar-refractivity contribution in [3.05, 3.63) is 0 Å². The van der Waals surface area contributed by atoms with Crippen LogP contribution in [0.2, 0.25) is 0 Å². The van der Waals surface area contributed by atoms with Crippen LogP contribution in [0.5, 0.6) is 0 Å². The summed E-state index contributed by atoms with van der Waals surface area (Å²) in [5, 5.41) is 21.8. The third-order valence-electron chi connectivity index (χ3n) is 3.10. The second kappa shape index (κ2) is 9.24. The minimum absolute atomic E-state index is 0. The molecule has 2 rings (SSSR count). The van der Waals surface area contributed by atoms with Crippen molar-refractivity contribution >= 4 is 47.0 Å². The predicted molar refractivity (Wildman–Crippen MR) is 100 cm³/mol. The highest BCUT2D eigenvalue weighted by atomic mass is 35.5. The van der Waals surface area contributed by atoms with E-state index in [4.69, 9.17) is 0 Å². The summed E-state index contributed by atoms with van der Waals surface area (Å²) in [5.74, 6) is 2.15. The number of hydrogen-bond acceptors (Lipinski definition) is 9. The van der Waals surface area contributed by atoms with Crippen molar-refractivity contribution in [3.8, 4) is 0 Å². The number of rotatable bonds is 8. The molecule has 0 saturated carbocycles. The van der Waals surface area contributed by atoms with Crippen LogP contribution in [0.1, 0.15) is 20.3 Å². The number of fused-ring (bicyclic) bond motifs is 1. The van der Waals surface area contributed by atoms with E-state index >= 15 is 0 Å². The van der Waals surface area contributed by atoms with Gasteiger partial charge >= 0.3 is 0 Å². The molecule has 134 valence electrons. The van der Waals surface area contributed by atoms with Crippen molar-refractivity contribution in [1.82, 2.24) is 19.9 Å². The van der Waals surface area contributed by atoms with Gasteiger partial charge in [-0.3, -0.25) is 0 Å².